The molecule has 0 aliphatic rings. The van der Waals surface area contributed by atoms with Crippen LogP contribution in [0.3, 0.4) is 0 Å². The lowest BCUT2D eigenvalue weighted by atomic mass is 10.1. The quantitative estimate of drug-likeness (QED) is 0.0261. The second-order valence-electron chi connectivity index (χ2n) is 21.3. The molecule has 0 radical (unpaired) electrons. The maximum atomic E-state index is 12.9. The number of carbonyl (C=O) groups is 3. The molecule has 0 rings (SSSR count). The van der Waals surface area contributed by atoms with Crippen molar-refractivity contribution in [3.63, 3.8) is 0 Å². The molecule has 6 heteroatoms. The van der Waals surface area contributed by atoms with Crippen LogP contribution in [-0.4, -0.2) is 37.2 Å². The van der Waals surface area contributed by atoms with Crippen LogP contribution in [0.15, 0.2) is 85.1 Å². The average Bonchev–Trinajstić information content (AvgIpc) is 3.41. The van der Waals surface area contributed by atoms with E-state index in [9.17, 15) is 14.4 Å². The fourth-order valence-electron chi connectivity index (χ4n) is 9.05. The molecule has 0 spiro atoms. The van der Waals surface area contributed by atoms with Gasteiger partial charge in [0, 0.05) is 19.3 Å². The predicted octanol–water partition coefficient (Wildman–Crippen LogP) is 21.9. The summed E-state index contributed by atoms with van der Waals surface area (Å²) >= 11 is 0. The van der Waals surface area contributed by atoms with Crippen molar-refractivity contribution in [1.29, 1.82) is 0 Å². The molecule has 0 aliphatic carbocycles. The van der Waals surface area contributed by atoms with Crippen LogP contribution in [-0.2, 0) is 28.6 Å². The third-order valence-electron chi connectivity index (χ3n) is 13.9. The fraction of sp³-hybridized carbons (Fsp3) is 0.754. The molecule has 0 aromatic rings. The third-order valence-corrected chi connectivity index (χ3v) is 13.9. The topological polar surface area (TPSA) is 78.9 Å². The number of ether oxygens (including phenoxy) is 3. The Morgan fingerprint density at radius 2 is 0.520 bits per heavy atom. The van der Waals surface area contributed by atoms with Gasteiger partial charge in [0.05, 0.1) is 0 Å². The molecular formula is C69H120O6. The van der Waals surface area contributed by atoms with Crippen LogP contribution >= 0.6 is 0 Å². The fourth-order valence-corrected chi connectivity index (χ4v) is 9.05. The van der Waals surface area contributed by atoms with E-state index in [0.29, 0.717) is 19.3 Å². The van der Waals surface area contributed by atoms with E-state index < -0.39 is 6.10 Å². The molecule has 1 atom stereocenters. The Hall–Kier alpha value is -3.41. The number of allylic oxidation sites excluding steroid dienone is 14. The lowest BCUT2D eigenvalue weighted by Gasteiger charge is -2.18. The average molecular weight is 1050 g/mol. The normalized spacial score (nSPS) is 12.6. The first-order valence-corrected chi connectivity index (χ1v) is 32.1. The number of unbranched alkanes of at least 4 members (excludes halogenated alkanes) is 33. The minimum absolute atomic E-state index is 0.0878. The van der Waals surface area contributed by atoms with Gasteiger partial charge in [-0.05, 0) is 116 Å². The van der Waals surface area contributed by atoms with Gasteiger partial charge in [0.15, 0.2) is 6.10 Å². The summed E-state index contributed by atoms with van der Waals surface area (Å²) in [5.74, 6) is -0.913. The van der Waals surface area contributed by atoms with Crippen LogP contribution in [0, 0.1) is 0 Å². The van der Waals surface area contributed by atoms with Crippen LogP contribution in [0.4, 0.5) is 0 Å². The molecule has 0 unspecified atom stereocenters. The minimum atomic E-state index is -0.794. The summed E-state index contributed by atoms with van der Waals surface area (Å²) in [7, 11) is 0. The Balaban J connectivity index is 4.43. The number of rotatable bonds is 58. The zero-order valence-corrected chi connectivity index (χ0v) is 49.6. The van der Waals surface area contributed by atoms with E-state index in [0.717, 1.165) is 96.3 Å². The molecule has 0 amide bonds. The molecule has 0 aromatic carbocycles. The summed E-state index contributed by atoms with van der Waals surface area (Å²) in [5.41, 5.74) is 0. The number of esters is 3. The van der Waals surface area contributed by atoms with Crippen molar-refractivity contribution in [2.75, 3.05) is 13.2 Å². The van der Waals surface area contributed by atoms with Crippen molar-refractivity contribution >= 4 is 17.9 Å². The van der Waals surface area contributed by atoms with E-state index in [4.69, 9.17) is 14.2 Å². The van der Waals surface area contributed by atoms with Gasteiger partial charge in [-0.2, -0.15) is 0 Å². The van der Waals surface area contributed by atoms with Gasteiger partial charge < -0.3 is 14.2 Å². The van der Waals surface area contributed by atoms with Gasteiger partial charge in [0.2, 0.25) is 0 Å². The summed E-state index contributed by atoms with van der Waals surface area (Å²) < 4.78 is 16.9. The Morgan fingerprint density at radius 3 is 0.840 bits per heavy atom. The van der Waals surface area contributed by atoms with E-state index in [1.54, 1.807) is 0 Å². The summed E-state index contributed by atoms with van der Waals surface area (Å²) in [6, 6.07) is 0. The van der Waals surface area contributed by atoms with E-state index >= 15 is 0 Å². The van der Waals surface area contributed by atoms with Gasteiger partial charge in [0.25, 0.3) is 0 Å². The smallest absolute Gasteiger partial charge is 0.306 e. The van der Waals surface area contributed by atoms with Crippen molar-refractivity contribution in [1.82, 2.24) is 0 Å². The highest BCUT2D eigenvalue weighted by Gasteiger charge is 2.19. The molecule has 0 aromatic heterocycles. The number of carbonyl (C=O) groups excluding carboxylic acids is 3. The molecular weight excluding hydrogens is 925 g/mol. The first-order valence-electron chi connectivity index (χ1n) is 32.1. The van der Waals surface area contributed by atoms with Crippen molar-refractivity contribution in [2.24, 2.45) is 0 Å². The van der Waals surface area contributed by atoms with E-state index in [1.165, 1.54) is 180 Å². The SMILES string of the molecule is CC/C=C\C/C=C\C/C=C\C/C=C\C/C=C\CCCCCC(=O)OC[C@@H](COC(=O)CCCCCCCCCCC/C=C\CCCCCCCC)OC(=O)CCCCCCCCCCC/C=C\CCCCCCCC. The van der Waals surface area contributed by atoms with Crippen LogP contribution in [0.2, 0.25) is 0 Å². The van der Waals surface area contributed by atoms with Crippen LogP contribution in [0.25, 0.3) is 0 Å². The standard InChI is InChI=1S/C69H120O6/c1-4-7-10-13-16-19-22-25-28-31-34-37-40-43-46-49-52-55-58-61-67(70)73-64-66(75-69(72)63-60-57-54-51-48-45-42-39-36-33-30-27-24-21-18-15-12-9-6-3)65-74-68(71)62-59-56-53-50-47-44-41-38-35-32-29-26-23-20-17-14-11-8-5-2/h7,10,16,19,25-30,34,37,43,46,66H,4-6,8-9,11-15,17-18,20-24,31-33,35-36,38-42,44-45,47-65H2,1-3H3/b10-7-,19-16-,28-25-,29-26-,30-27-,37-34-,46-43-/t66-/m0/s1. The summed E-state index contributed by atoms with van der Waals surface area (Å²) in [6.45, 7) is 6.52. The Bertz CT molecular complexity index is 1430. The Labute approximate surface area is 465 Å². The highest BCUT2D eigenvalue weighted by molar-refractivity contribution is 5.71. The second kappa shape index (κ2) is 63.1. The lowest BCUT2D eigenvalue weighted by Crippen LogP contribution is -2.30. The van der Waals surface area contributed by atoms with Gasteiger partial charge in [-0.1, -0.05) is 266 Å². The van der Waals surface area contributed by atoms with Gasteiger partial charge in [-0.25, -0.2) is 0 Å². The van der Waals surface area contributed by atoms with Crippen molar-refractivity contribution in [3.8, 4) is 0 Å². The van der Waals surface area contributed by atoms with Gasteiger partial charge >= 0.3 is 17.9 Å². The number of hydrogen-bond donors (Lipinski definition) is 0. The summed E-state index contributed by atoms with van der Waals surface area (Å²) in [6.07, 6.45) is 83.0. The monoisotopic (exact) mass is 1040 g/mol. The largest absolute Gasteiger partial charge is 0.462 e. The first kappa shape index (κ1) is 71.6. The first-order chi connectivity index (χ1) is 37.0. The van der Waals surface area contributed by atoms with Crippen molar-refractivity contribution in [2.45, 2.75) is 322 Å². The molecule has 0 N–H and O–H groups in total. The van der Waals surface area contributed by atoms with E-state index in [1.807, 2.05) is 0 Å². The van der Waals surface area contributed by atoms with Crippen molar-refractivity contribution < 1.29 is 28.6 Å². The molecule has 0 aliphatic heterocycles. The molecule has 6 nitrogen and oxygen atoms in total. The molecule has 432 valence electrons. The van der Waals surface area contributed by atoms with Crippen molar-refractivity contribution in [3.05, 3.63) is 85.1 Å². The highest BCUT2D eigenvalue weighted by Crippen LogP contribution is 2.16. The summed E-state index contributed by atoms with van der Waals surface area (Å²) in [4.78, 5) is 38.3. The van der Waals surface area contributed by atoms with E-state index in [-0.39, 0.29) is 31.1 Å². The molecule has 0 saturated carbocycles. The zero-order valence-electron chi connectivity index (χ0n) is 49.6. The maximum absolute atomic E-state index is 12.9. The molecule has 0 saturated heterocycles. The van der Waals surface area contributed by atoms with E-state index in [2.05, 4.69) is 106 Å². The van der Waals surface area contributed by atoms with Gasteiger partial charge in [0.1, 0.15) is 13.2 Å². The van der Waals surface area contributed by atoms with Crippen LogP contribution in [0.5, 0.6) is 0 Å². The third kappa shape index (κ3) is 61.3. The lowest BCUT2D eigenvalue weighted by molar-refractivity contribution is -0.167. The molecule has 0 heterocycles. The minimum Gasteiger partial charge on any atom is -0.462 e. The highest BCUT2D eigenvalue weighted by atomic mass is 16.6. The Kier molecular flexibility index (Phi) is 60.3. The second-order valence-corrected chi connectivity index (χ2v) is 21.3. The predicted molar refractivity (Wildman–Crippen MR) is 325 cm³/mol. The van der Waals surface area contributed by atoms with Gasteiger partial charge in [-0.15, -0.1) is 0 Å². The van der Waals surface area contributed by atoms with Crippen LogP contribution in [0.1, 0.15) is 316 Å². The molecule has 0 fully saturated rings. The number of hydrogen-bond acceptors (Lipinski definition) is 6. The van der Waals surface area contributed by atoms with Gasteiger partial charge in [-0.3, -0.25) is 14.4 Å². The summed E-state index contributed by atoms with van der Waals surface area (Å²) in [5, 5.41) is 0. The zero-order chi connectivity index (χ0) is 54.3. The Morgan fingerprint density at radius 1 is 0.280 bits per heavy atom. The van der Waals surface area contributed by atoms with Crippen LogP contribution < -0.4 is 0 Å². The molecule has 0 bridgehead atoms. The maximum Gasteiger partial charge on any atom is 0.306 e. The molecule has 75 heavy (non-hydrogen) atoms.